The van der Waals surface area contributed by atoms with E-state index in [0.717, 1.165) is 23.5 Å². The van der Waals surface area contributed by atoms with Gasteiger partial charge in [0.2, 0.25) is 0 Å². The molecule has 0 radical (unpaired) electrons. The molecule has 0 bridgehead atoms. The lowest BCUT2D eigenvalue weighted by atomic mass is 10.2. The van der Waals surface area contributed by atoms with Crippen LogP contribution in [0.4, 0.5) is 0 Å². The maximum Gasteiger partial charge on any atom is 0.305 e. The molecule has 0 aromatic rings. The molecule has 0 rings (SSSR count). The van der Waals surface area contributed by atoms with Crippen LogP contribution in [-0.2, 0) is 33.4 Å². The highest BCUT2D eigenvalue weighted by molar-refractivity contribution is 14.1. The minimum atomic E-state index is -3.41. The third kappa shape index (κ3) is 26.9. The van der Waals surface area contributed by atoms with Crippen LogP contribution in [-0.4, -0.2) is 50.9 Å². The van der Waals surface area contributed by atoms with Gasteiger partial charge < -0.3 is 9.47 Å². The molecule has 7 nitrogen and oxygen atoms in total. The van der Waals surface area contributed by atoms with E-state index < -0.39 is 10.1 Å². The Hall–Kier alpha value is -1.30. The minimum Gasteiger partial charge on any atom is -0.466 e. The standard InChI is InChI=1S/C10H16O5S.C9H13IO2/c1-3-14-10(11)8-6-4-5-7-9-15-16(2,12)13;1-2-12-9(11)7-5-3-4-6-8-10/h3-4,6,8-9H2,1-2H3;2-3,5,7-8H2,1H3. The van der Waals surface area contributed by atoms with Crippen LogP contribution in [0, 0.1) is 23.7 Å². The van der Waals surface area contributed by atoms with Crippen LogP contribution in [0.3, 0.4) is 0 Å². The second-order valence-corrected chi connectivity index (χ2v) is 7.53. The fourth-order valence-electron chi connectivity index (χ4n) is 1.52. The van der Waals surface area contributed by atoms with E-state index in [0.29, 0.717) is 38.9 Å². The zero-order chi connectivity index (χ0) is 21.7. The Bertz CT molecular complexity index is 651. The smallest absolute Gasteiger partial charge is 0.305 e. The van der Waals surface area contributed by atoms with E-state index >= 15 is 0 Å². The first-order valence-electron chi connectivity index (χ1n) is 8.89. The fraction of sp³-hybridized carbons (Fsp3) is 0.684. The summed E-state index contributed by atoms with van der Waals surface area (Å²) in [7, 11) is -3.41. The molecule has 160 valence electrons. The lowest BCUT2D eigenvalue weighted by Gasteiger charge is -1.98. The third-order valence-corrected chi connectivity index (χ3v) is 3.57. The number of halogens is 1. The zero-order valence-corrected chi connectivity index (χ0v) is 19.7. The molecule has 0 saturated carbocycles. The van der Waals surface area contributed by atoms with E-state index in [1.54, 1.807) is 6.92 Å². The molecule has 0 aliphatic heterocycles. The highest BCUT2D eigenvalue weighted by Gasteiger charge is 2.00. The Kier molecular flexibility index (Phi) is 21.1. The largest absolute Gasteiger partial charge is 0.466 e. The summed E-state index contributed by atoms with van der Waals surface area (Å²) >= 11 is 2.20. The predicted molar refractivity (Wildman–Crippen MR) is 116 cm³/mol. The average Bonchev–Trinajstić information content (AvgIpc) is 2.61. The molecule has 28 heavy (non-hydrogen) atoms. The van der Waals surface area contributed by atoms with Crippen LogP contribution >= 0.6 is 22.6 Å². The molecule has 0 saturated heterocycles. The number of alkyl halides is 1. The van der Waals surface area contributed by atoms with Crippen molar-refractivity contribution in [2.45, 2.75) is 52.4 Å². The summed E-state index contributed by atoms with van der Waals surface area (Å²) in [6.45, 7) is 4.28. The number of unbranched alkanes of at least 4 members (excludes halogenated alkanes) is 2. The van der Waals surface area contributed by atoms with Gasteiger partial charge in [-0.2, -0.15) is 8.42 Å². The first-order valence-corrected chi connectivity index (χ1v) is 12.2. The lowest BCUT2D eigenvalue weighted by molar-refractivity contribution is -0.144. The first-order chi connectivity index (χ1) is 13.3. The summed E-state index contributed by atoms with van der Waals surface area (Å²) in [6.07, 6.45) is 4.51. The van der Waals surface area contributed by atoms with Crippen molar-refractivity contribution in [3.8, 4) is 23.7 Å². The van der Waals surface area contributed by atoms with E-state index in [1.165, 1.54) is 0 Å². The van der Waals surface area contributed by atoms with E-state index in [4.69, 9.17) is 9.47 Å². The van der Waals surface area contributed by atoms with Crippen molar-refractivity contribution >= 4 is 44.6 Å². The number of carbonyl (C=O) groups excluding carboxylic acids is 2. The second-order valence-electron chi connectivity index (χ2n) is 5.12. The van der Waals surface area contributed by atoms with Crippen molar-refractivity contribution in [2.75, 3.05) is 30.5 Å². The maximum absolute atomic E-state index is 10.9. The molecule has 9 heteroatoms. The van der Waals surface area contributed by atoms with Crippen LogP contribution in [0.1, 0.15) is 52.4 Å². The molecule has 0 atom stereocenters. The molecule has 0 heterocycles. The summed E-state index contributed by atoms with van der Waals surface area (Å²) in [5.41, 5.74) is 0. The fourth-order valence-corrected chi connectivity index (χ4v) is 2.06. The average molecular weight is 528 g/mol. The van der Waals surface area contributed by atoms with Crippen molar-refractivity contribution < 1.29 is 31.7 Å². The highest BCUT2D eigenvalue weighted by Crippen LogP contribution is 1.97. The molecule has 0 fully saturated rings. The summed E-state index contributed by atoms with van der Waals surface area (Å²) in [6, 6.07) is 0. The molecule has 0 aliphatic carbocycles. The molecule has 0 aromatic carbocycles. The topological polar surface area (TPSA) is 96.0 Å². The molecule has 0 unspecified atom stereocenters. The molecular weight excluding hydrogens is 499 g/mol. The van der Waals surface area contributed by atoms with Crippen LogP contribution in [0.15, 0.2) is 0 Å². The number of hydrogen-bond donors (Lipinski definition) is 0. The normalized spacial score (nSPS) is 9.57. The van der Waals surface area contributed by atoms with Gasteiger partial charge in [-0.15, -0.1) is 11.8 Å². The molecule has 0 aliphatic rings. The summed E-state index contributed by atoms with van der Waals surface area (Å²) in [5, 5.41) is 0. The monoisotopic (exact) mass is 528 g/mol. The van der Waals surface area contributed by atoms with Crippen LogP contribution in [0.2, 0.25) is 0 Å². The van der Waals surface area contributed by atoms with E-state index in [2.05, 4.69) is 50.5 Å². The van der Waals surface area contributed by atoms with Gasteiger partial charge in [-0.3, -0.25) is 13.8 Å². The Morgan fingerprint density at radius 3 is 1.71 bits per heavy atom. The summed E-state index contributed by atoms with van der Waals surface area (Å²) < 4.78 is 35.8. The number of ether oxygens (including phenoxy) is 2. The predicted octanol–water partition coefficient (Wildman–Crippen LogP) is 2.86. The highest BCUT2D eigenvalue weighted by atomic mass is 127. The third-order valence-electron chi connectivity index (χ3n) is 2.64. The van der Waals surface area contributed by atoms with E-state index in [9.17, 15) is 18.0 Å². The van der Waals surface area contributed by atoms with Gasteiger partial charge in [0.25, 0.3) is 10.1 Å². The van der Waals surface area contributed by atoms with Crippen molar-refractivity contribution in [1.29, 1.82) is 0 Å². The van der Waals surface area contributed by atoms with Gasteiger partial charge in [0.1, 0.15) is 6.61 Å². The number of esters is 2. The van der Waals surface area contributed by atoms with Crippen molar-refractivity contribution in [2.24, 2.45) is 0 Å². The molecule has 0 spiro atoms. The van der Waals surface area contributed by atoms with Crippen molar-refractivity contribution in [3.05, 3.63) is 0 Å². The first kappa shape index (κ1) is 28.9. The lowest BCUT2D eigenvalue weighted by Crippen LogP contribution is -2.03. The van der Waals surface area contributed by atoms with Gasteiger partial charge in [0.15, 0.2) is 0 Å². The molecule has 0 amide bonds. The van der Waals surface area contributed by atoms with E-state index in [1.807, 2.05) is 6.92 Å². The SMILES string of the molecule is CCOC(=O)CCCC#CCI.CCOC(=O)CCCC#CCOS(C)(=O)=O. The van der Waals surface area contributed by atoms with Crippen LogP contribution in [0.25, 0.3) is 0 Å². The van der Waals surface area contributed by atoms with Crippen LogP contribution in [0.5, 0.6) is 0 Å². The number of carbonyl (C=O) groups is 2. The van der Waals surface area contributed by atoms with Gasteiger partial charge in [0.05, 0.1) is 23.9 Å². The Morgan fingerprint density at radius 2 is 1.32 bits per heavy atom. The number of hydrogen-bond acceptors (Lipinski definition) is 7. The quantitative estimate of drug-likeness (QED) is 0.108. The van der Waals surface area contributed by atoms with Crippen LogP contribution < -0.4 is 0 Å². The Balaban J connectivity index is 0. The number of rotatable bonds is 10. The second kappa shape index (κ2) is 20.4. The van der Waals surface area contributed by atoms with Gasteiger partial charge in [0, 0.05) is 25.7 Å². The van der Waals surface area contributed by atoms with Gasteiger partial charge in [-0.05, 0) is 26.7 Å². The molecule has 0 aromatic heterocycles. The summed E-state index contributed by atoms with van der Waals surface area (Å²) in [4.78, 5) is 21.7. The maximum atomic E-state index is 10.9. The Morgan fingerprint density at radius 1 is 0.857 bits per heavy atom. The van der Waals surface area contributed by atoms with Gasteiger partial charge in [-0.25, -0.2) is 0 Å². The van der Waals surface area contributed by atoms with E-state index in [-0.39, 0.29) is 18.5 Å². The summed E-state index contributed by atoms with van der Waals surface area (Å²) in [5.74, 6) is 10.8. The van der Waals surface area contributed by atoms with Crippen molar-refractivity contribution in [1.82, 2.24) is 0 Å². The minimum absolute atomic E-state index is 0.117. The zero-order valence-electron chi connectivity index (χ0n) is 16.7. The van der Waals surface area contributed by atoms with Crippen molar-refractivity contribution in [3.63, 3.8) is 0 Å². The van der Waals surface area contributed by atoms with Gasteiger partial charge in [-0.1, -0.05) is 34.4 Å². The Labute approximate surface area is 182 Å². The van der Waals surface area contributed by atoms with Gasteiger partial charge >= 0.3 is 11.9 Å². The molecule has 0 N–H and O–H groups in total. The molecular formula is C19H29IO7S.